The van der Waals surface area contributed by atoms with E-state index >= 15 is 0 Å². The molecule has 0 aliphatic heterocycles. The van der Waals surface area contributed by atoms with Crippen molar-refractivity contribution < 1.29 is 19.1 Å². The Morgan fingerprint density at radius 1 is 1.32 bits per heavy atom. The molecule has 1 saturated carbocycles. The number of hydrogen-bond donors (Lipinski definition) is 0. The van der Waals surface area contributed by atoms with E-state index in [9.17, 15) is 9.59 Å². The van der Waals surface area contributed by atoms with Gasteiger partial charge in [-0.15, -0.1) is 0 Å². The van der Waals surface area contributed by atoms with Crippen LogP contribution in [0, 0.1) is 5.92 Å². The van der Waals surface area contributed by atoms with Crippen molar-refractivity contribution in [1.82, 2.24) is 0 Å². The summed E-state index contributed by atoms with van der Waals surface area (Å²) >= 11 is 5.92. The first-order valence-corrected chi connectivity index (χ1v) is 6.62. The van der Waals surface area contributed by atoms with Crippen LogP contribution in [0.1, 0.15) is 30.1 Å². The van der Waals surface area contributed by atoms with Crippen LogP contribution >= 0.6 is 11.6 Å². The number of ketones is 1. The molecule has 19 heavy (non-hydrogen) atoms. The maximum Gasteiger partial charge on any atom is 0.379 e. The molecule has 0 heterocycles. The Bertz CT molecular complexity index is 494. The molecule has 0 saturated heterocycles. The van der Waals surface area contributed by atoms with E-state index in [2.05, 4.69) is 4.74 Å². The molecule has 0 atom stereocenters. The summed E-state index contributed by atoms with van der Waals surface area (Å²) in [6.45, 7) is 2.43. The zero-order valence-electron chi connectivity index (χ0n) is 10.6. The minimum atomic E-state index is -0.877. The van der Waals surface area contributed by atoms with Crippen LogP contribution < -0.4 is 4.74 Å². The van der Waals surface area contributed by atoms with Gasteiger partial charge < -0.3 is 9.47 Å². The van der Waals surface area contributed by atoms with Gasteiger partial charge in [-0.1, -0.05) is 11.6 Å². The van der Waals surface area contributed by atoms with E-state index in [1.807, 2.05) is 0 Å². The van der Waals surface area contributed by atoms with E-state index in [0.717, 1.165) is 0 Å². The molecule has 0 aromatic heterocycles. The van der Waals surface area contributed by atoms with Crippen molar-refractivity contribution in [3.05, 3.63) is 28.8 Å². The van der Waals surface area contributed by atoms with Gasteiger partial charge in [0.2, 0.25) is 0 Å². The van der Waals surface area contributed by atoms with Gasteiger partial charge in [-0.25, -0.2) is 4.79 Å². The van der Waals surface area contributed by atoms with Crippen molar-refractivity contribution >= 4 is 23.4 Å². The average molecular weight is 283 g/mol. The van der Waals surface area contributed by atoms with Crippen LogP contribution in [0.25, 0.3) is 0 Å². The molecule has 0 radical (unpaired) electrons. The third-order valence-corrected chi connectivity index (χ3v) is 3.00. The number of halogens is 1. The van der Waals surface area contributed by atoms with Crippen LogP contribution in [0.3, 0.4) is 0 Å². The van der Waals surface area contributed by atoms with Gasteiger partial charge in [0.25, 0.3) is 5.78 Å². The summed E-state index contributed by atoms with van der Waals surface area (Å²) in [5.41, 5.74) is 0.191. The summed E-state index contributed by atoms with van der Waals surface area (Å²) in [5, 5.41) is 0.362. The van der Waals surface area contributed by atoms with Crippen LogP contribution in [0.2, 0.25) is 5.02 Å². The summed E-state index contributed by atoms with van der Waals surface area (Å²) < 4.78 is 10.2. The molecule has 5 heteroatoms. The highest BCUT2D eigenvalue weighted by molar-refractivity contribution is 6.41. The van der Waals surface area contributed by atoms with E-state index < -0.39 is 11.8 Å². The first kappa shape index (κ1) is 13.9. The Morgan fingerprint density at radius 2 is 2.05 bits per heavy atom. The number of carbonyl (C=O) groups is 2. The van der Waals surface area contributed by atoms with Crippen molar-refractivity contribution in [1.29, 1.82) is 0 Å². The largest absolute Gasteiger partial charge is 0.493 e. The fourth-order valence-electron chi connectivity index (χ4n) is 1.59. The van der Waals surface area contributed by atoms with Gasteiger partial charge in [0, 0.05) is 10.6 Å². The number of rotatable bonds is 6. The Labute approximate surface area is 116 Å². The number of ether oxygens (including phenoxy) is 2. The Morgan fingerprint density at radius 3 is 2.68 bits per heavy atom. The number of hydrogen-bond acceptors (Lipinski definition) is 4. The van der Waals surface area contributed by atoms with Gasteiger partial charge in [0.1, 0.15) is 5.75 Å². The fraction of sp³-hybridized carbons (Fsp3) is 0.429. The summed E-state index contributed by atoms with van der Waals surface area (Å²) in [5.74, 6) is -0.478. The third-order valence-electron chi connectivity index (χ3n) is 2.78. The molecular formula is C14H15ClO4. The van der Waals surface area contributed by atoms with Crippen LogP contribution in [0.5, 0.6) is 5.75 Å². The van der Waals surface area contributed by atoms with Crippen molar-refractivity contribution in [3.8, 4) is 5.75 Å². The molecule has 1 aromatic carbocycles. The van der Waals surface area contributed by atoms with Gasteiger partial charge in [-0.2, -0.15) is 0 Å². The van der Waals surface area contributed by atoms with Gasteiger partial charge in [-0.05, 0) is 43.9 Å². The maximum atomic E-state index is 11.8. The van der Waals surface area contributed by atoms with Gasteiger partial charge in [0.05, 0.1) is 13.2 Å². The topological polar surface area (TPSA) is 52.6 Å². The summed E-state index contributed by atoms with van der Waals surface area (Å²) in [6, 6.07) is 4.59. The lowest BCUT2D eigenvalue weighted by atomic mass is 10.1. The zero-order valence-corrected chi connectivity index (χ0v) is 11.4. The smallest absolute Gasteiger partial charge is 0.379 e. The molecule has 0 unspecified atom stereocenters. The second-order valence-electron chi connectivity index (χ2n) is 4.48. The standard InChI is InChI=1S/C14H15ClO4/c1-2-18-14(17)13(16)10-5-11(15)7-12(6-10)19-8-9-3-4-9/h5-7,9H,2-4,8H2,1H3. The molecule has 0 bridgehead atoms. The molecule has 1 aromatic rings. The Balaban J connectivity index is 2.10. The lowest BCUT2D eigenvalue weighted by Crippen LogP contribution is -2.17. The summed E-state index contributed by atoms with van der Waals surface area (Å²) in [4.78, 5) is 23.2. The predicted octanol–water partition coefficient (Wildman–Crippen LogP) is 2.87. The van der Waals surface area contributed by atoms with Crippen molar-refractivity contribution in [2.45, 2.75) is 19.8 Å². The lowest BCUT2D eigenvalue weighted by Gasteiger charge is -2.08. The van der Waals surface area contributed by atoms with Gasteiger partial charge in [-0.3, -0.25) is 4.79 Å². The zero-order chi connectivity index (χ0) is 13.8. The minimum absolute atomic E-state index is 0.163. The van der Waals surface area contributed by atoms with E-state index in [1.165, 1.54) is 25.0 Å². The predicted molar refractivity (Wildman–Crippen MR) is 70.6 cm³/mol. The second kappa shape index (κ2) is 6.06. The molecular weight excluding hydrogens is 268 g/mol. The molecule has 0 spiro atoms. The van der Waals surface area contributed by atoms with Crippen molar-refractivity contribution in [2.75, 3.05) is 13.2 Å². The van der Waals surface area contributed by atoms with Crippen LogP contribution in [0.15, 0.2) is 18.2 Å². The van der Waals surface area contributed by atoms with Gasteiger partial charge >= 0.3 is 5.97 Å². The third kappa shape index (κ3) is 3.96. The second-order valence-corrected chi connectivity index (χ2v) is 4.92. The monoisotopic (exact) mass is 282 g/mol. The van der Waals surface area contributed by atoms with Crippen LogP contribution in [-0.4, -0.2) is 25.0 Å². The number of carbonyl (C=O) groups excluding carboxylic acids is 2. The quantitative estimate of drug-likeness (QED) is 0.457. The van der Waals surface area contributed by atoms with Crippen LogP contribution in [-0.2, 0) is 9.53 Å². The Kier molecular flexibility index (Phi) is 4.43. The molecule has 102 valence electrons. The van der Waals surface area contributed by atoms with E-state index in [4.69, 9.17) is 16.3 Å². The fourth-order valence-corrected chi connectivity index (χ4v) is 1.82. The minimum Gasteiger partial charge on any atom is -0.493 e. The lowest BCUT2D eigenvalue weighted by molar-refractivity contribution is -0.137. The van der Waals surface area contributed by atoms with Crippen molar-refractivity contribution in [3.63, 3.8) is 0 Å². The SMILES string of the molecule is CCOC(=O)C(=O)c1cc(Cl)cc(OCC2CC2)c1. The van der Waals surface area contributed by atoms with E-state index in [0.29, 0.717) is 23.3 Å². The number of Topliss-reactive ketones (excluding diaryl/α,β-unsaturated/α-hetero) is 1. The number of esters is 1. The highest BCUT2D eigenvalue weighted by atomic mass is 35.5. The summed E-state index contributed by atoms with van der Waals surface area (Å²) in [6.07, 6.45) is 2.35. The molecule has 0 amide bonds. The Hall–Kier alpha value is -1.55. The first-order chi connectivity index (χ1) is 9.10. The van der Waals surface area contributed by atoms with Crippen LogP contribution in [0.4, 0.5) is 0 Å². The summed E-state index contributed by atoms with van der Waals surface area (Å²) in [7, 11) is 0. The highest BCUT2D eigenvalue weighted by Crippen LogP contribution is 2.30. The normalized spacial score (nSPS) is 14.0. The maximum absolute atomic E-state index is 11.8. The molecule has 0 N–H and O–H groups in total. The van der Waals surface area contributed by atoms with E-state index in [1.54, 1.807) is 13.0 Å². The average Bonchev–Trinajstić information content (AvgIpc) is 3.19. The number of benzene rings is 1. The van der Waals surface area contributed by atoms with Gasteiger partial charge in [0.15, 0.2) is 0 Å². The molecule has 4 nitrogen and oxygen atoms in total. The molecule has 1 aliphatic rings. The highest BCUT2D eigenvalue weighted by Gasteiger charge is 2.23. The first-order valence-electron chi connectivity index (χ1n) is 6.25. The van der Waals surface area contributed by atoms with Crippen molar-refractivity contribution in [2.24, 2.45) is 5.92 Å². The molecule has 1 fully saturated rings. The molecule has 2 rings (SSSR count). The van der Waals surface area contributed by atoms with E-state index in [-0.39, 0.29) is 12.2 Å². The molecule has 1 aliphatic carbocycles.